The van der Waals surface area contributed by atoms with E-state index in [4.69, 9.17) is 55.7 Å². The molecule has 1 amide bonds. The zero-order valence-corrected chi connectivity index (χ0v) is 14.6. The first-order valence-electron chi connectivity index (χ1n) is 4.78. The maximum absolute atomic E-state index is 11.7. The number of halogens is 3. The van der Waals surface area contributed by atoms with Gasteiger partial charge in [0, 0.05) is 19.8 Å². The zero-order chi connectivity index (χ0) is 14.8. The molecule has 0 aromatic heterocycles. The Morgan fingerprint density at radius 3 is 1.83 bits per heavy atom. The van der Waals surface area contributed by atoms with Crippen LogP contribution in [0.2, 0.25) is 0 Å². The van der Waals surface area contributed by atoms with E-state index < -0.39 is 21.9 Å². The van der Waals surface area contributed by atoms with E-state index in [0.717, 1.165) is 0 Å². The third kappa shape index (κ3) is 5.10. The summed E-state index contributed by atoms with van der Waals surface area (Å²) >= 11 is 21.8. The fourth-order valence-electron chi connectivity index (χ4n) is 0.994. The highest BCUT2D eigenvalue weighted by Crippen LogP contribution is 2.53. The summed E-state index contributed by atoms with van der Waals surface area (Å²) in [5.74, 6) is -0.828. The third-order valence-electron chi connectivity index (χ3n) is 1.81. The Bertz CT molecular complexity index is 348. The van der Waals surface area contributed by atoms with Crippen LogP contribution in [0.5, 0.6) is 0 Å². The van der Waals surface area contributed by atoms with Gasteiger partial charge in [-0.15, -0.1) is 4.78 Å². The Labute approximate surface area is 127 Å². The largest absolute Gasteiger partial charge is 0.320 e. The lowest BCUT2D eigenvalue weighted by Gasteiger charge is -2.41. The van der Waals surface area contributed by atoms with Crippen molar-refractivity contribution < 1.29 is 13.8 Å². The maximum atomic E-state index is 11.7. The molecule has 0 saturated carbocycles. The average Bonchev–Trinajstić information content (AvgIpc) is 2.21. The van der Waals surface area contributed by atoms with Gasteiger partial charge in [0.1, 0.15) is 0 Å². The lowest BCUT2D eigenvalue weighted by Crippen LogP contribution is -2.53. The van der Waals surface area contributed by atoms with Crippen molar-refractivity contribution in [3.05, 3.63) is 0 Å². The molecule has 0 aliphatic carbocycles. The highest BCUT2D eigenvalue weighted by atomic mass is 35.6. The number of nitrogens with zero attached hydrogens (tertiary/aromatic N) is 1. The summed E-state index contributed by atoms with van der Waals surface area (Å²) in [5.41, 5.74) is 1.86. The van der Waals surface area contributed by atoms with Gasteiger partial charge in [-0.05, 0) is 32.6 Å². The molecule has 18 heavy (non-hydrogen) atoms. The van der Waals surface area contributed by atoms with Gasteiger partial charge in [-0.3, -0.25) is 10.2 Å². The molecule has 0 aliphatic rings. The Balaban J connectivity index is 5.30. The summed E-state index contributed by atoms with van der Waals surface area (Å²) < 4.78 is 9.62. The van der Waals surface area contributed by atoms with Crippen LogP contribution in [0, 0.1) is 0 Å². The molecular formula is C8H16Cl3N2O3PS. The van der Waals surface area contributed by atoms with Crippen molar-refractivity contribution >= 4 is 59.2 Å². The molecule has 0 bridgehead atoms. The fourth-order valence-corrected chi connectivity index (χ4v) is 3.40. The smallest absolute Gasteiger partial charge is 0.286 e. The van der Waals surface area contributed by atoms with E-state index in [0.29, 0.717) is 0 Å². The number of hydrogen-bond donors (Lipinski definition) is 1. The van der Waals surface area contributed by atoms with Gasteiger partial charge in [-0.1, -0.05) is 34.8 Å². The van der Waals surface area contributed by atoms with Gasteiger partial charge in [-0.25, -0.2) is 0 Å². The number of amides is 1. The van der Waals surface area contributed by atoms with Crippen molar-refractivity contribution in [3.8, 4) is 0 Å². The van der Waals surface area contributed by atoms with Crippen molar-refractivity contribution in [2.75, 3.05) is 14.2 Å². The van der Waals surface area contributed by atoms with Crippen molar-refractivity contribution in [1.29, 1.82) is 0 Å². The molecule has 0 fully saturated rings. The highest BCUT2D eigenvalue weighted by Gasteiger charge is 2.41. The predicted octanol–water partition coefficient (Wildman–Crippen LogP) is 3.01. The minimum atomic E-state index is -2.88. The Morgan fingerprint density at radius 2 is 1.61 bits per heavy atom. The first-order chi connectivity index (χ1) is 7.88. The van der Waals surface area contributed by atoms with E-state index in [1.54, 1.807) is 0 Å². The molecule has 10 heteroatoms. The second-order valence-corrected chi connectivity index (χ2v) is 9.99. The molecule has 108 valence electrons. The minimum absolute atomic E-state index is 0.576. The molecule has 0 radical (unpaired) electrons. The van der Waals surface area contributed by atoms with E-state index >= 15 is 0 Å². The fraction of sp³-hybridized carbons (Fsp3) is 0.875. The molecule has 0 aromatic carbocycles. The summed E-state index contributed by atoms with van der Waals surface area (Å²) in [7, 11) is 2.79. The molecule has 0 aliphatic heterocycles. The Morgan fingerprint density at radius 1 is 1.22 bits per heavy atom. The quantitative estimate of drug-likeness (QED) is 0.476. The van der Waals surface area contributed by atoms with Crippen LogP contribution < -0.4 is 5.43 Å². The van der Waals surface area contributed by atoms with Crippen LogP contribution in [0.3, 0.4) is 0 Å². The van der Waals surface area contributed by atoms with Gasteiger partial charge in [0.15, 0.2) is 0 Å². The van der Waals surface area contributed by atoms with Crippen LogP contribution >= 0.6 is 41.4 Å². The van der Waals surface area contributed by atoms with E-state index in [1.165, 1.54) is 19.0 Å². The van der Waals surface area contributed by atoms with Gasteiger partial charge in [0.05, 0.1) is 0 Å². The molecule has 1 N–H and O–H groups in total. The number of rotatable bonds is 4. The number of hydrogen-bond acceptors (Lipinski definition) is 4. The molecule has 0 rings (SSSR count). The first-order valence-corrected chi connectivity index (χ1v) is 8.51. The summed E-state index contributed by atoms with van der Waals surface area (Å²) in [6.07, 6.45) is 0. The third-order valence-corrected chi connectivity index (χ3v) is 5.82. The number of alkyl halides is 3. The van der Waals surface area contributed by atoms with Crippen LogP contribution in [0.4, 0.5) is 0 Å². The van der Waals surface area contributed by atoms with E-state index in [9.17, 15) is 4.79 Å². The van der Waals surface area contributed by atoms with Crippen LogP contribution in [0.1, 0.15) is 20.8 Å². The van der Waals surface area contributed by atoms with Crippen molar-refractivity contribution in [2.45, 2.75) is 30.1 Å². The van der Waals surface area contributed by atoms with Crippen molar-refractivity contribution in [2.24, 2.45) is 0 Å². The maximum Gasteiger partial charge on any atom is 0.286 e. The highest BCUT2D eigenvalue weighted by molar-refractivity contribution is 8.08. The minimum Gasteiger partial charge on any atom is -0.320 e. The predicted molar refractivity (Wildman–Crippen MR) is 78.3 cm³/mol. The number of hydrazine groups is 1. The van der Waals surface area contributed by atoms with Crippen molar-refractivity contribution in [3.63, 3.8) is 0 Å². The van der Waals surface area contributed by atoms with Crippen LogP contribution in [-0.2, 0) is 25.6 Å². The molecule has 5 nitrogen and oxygen atoms in total. The second-order valence-electron chi connectivity index (χ2n) is 4.26. The number of carbonyl (C=O) groups excluding carboxylic acids is 1. The first kappa shape index (κ1) is 18.9. The molecule has 0 unspecified atom stereocenters. The average molecular weight is 358 g/mol. The van der Waals surface area contributed by atoms with Crippen LogP contribution in [0.25, 0.3) is 0 Å². The lowest BCUT2D eigenvalue weighted by molar-refractivity contribution is -0.124. The topological polar surface area (TPSA) is 50.8 Å². The molecule has 0 aromatic rings. The Hall–Kier alpha value is 0.870. The van der Waals surface area contributed by atoms with Gasteiger partial charge < -0.3 is 9.05 Å². The molecule has 0 atom stereocenters. The number of nitrogens with one attached hydrogen (secondary N) is 1. The second kappa shape index (κ2) is 6.55. The summed E-state index contributed by atoms with van der Waals surface area (Å²) in [6, 6.07) is 0. The van der Waals surface area contributed by atoms with Crippen LogP contribution in [-0.4, -0.2) is 34.2 Å². The van der Waals surface area contributed by atoms with E-state index in [1.807, 2.05) is 20.8 Å². The van der Waals surface area contributed by atoms with Gasteiger partial charge in [0.25, 0.3) is 16.3 Å². The normalized spacial score (nSPS) is 13.8. The SMILES string of the molecule is COP(=S)(OC)N(NC(=O)C(Cl)(Cl)Cl)C(C)(C)C. The molecule has 0 saturated heterocycles. The van der Waals surface area contributed by atoms with Gasteiger partial charge in [-0.2, -0.15) is 0 Å². The monoisotopic (exact) mass is 356 g/mol. The van der Waals surface area contributed by atoms with Gasteiger partial charge in [0.2, 0.25) is 0 Å². The van der Waals surface area contributed by atoms with E-state index in [-0.39, 0.29) is 0 Å². The number of carbonyl (C=O) groups is 1. The zero-order valence-electron chi connectivity index (χ0n) is 10.7. The Kier molecular flexibility index (Phi) is 6.86. The van der Waals surface area contributed by atoms with Gasteiger partial charge >= 0.3 is 0 Å². The molecule has 0 spiro atoms. The lowest BCUT2D eigenvalue weighted by atomic mass is 10.1. The molecule has 0 heterocycles. The van der Waals surface area contributed by atoms with E-state index in [2.05, 4.69) is 5.43 Å². The standard InChI is InChI=1S/C8H16Cl3N2O3PS/c1-7(2,3)13(17(18,15-4)16-5)12-6(14)8(9,10)11/h1-5H3,(H,12,14). The summed E-state index contributed by atoms with van der Waals surface area (Å²) in [4.78, 5) is 11.7. The summed E-state index contributed by atoms with van der Waals surface area (Å²) in [5, 5.41) is 0. The van der Waals surface area contributed by atoms with Crippen molar-refractivity contribution in [1.82, 2.24) is 10.2 Å². The molecular weight excluding hydrogens is 341 g/mol. The van der Waals surface area contributed by atoms with Crippen LogP contribution in [0.15, 0.2) is 0 Å². The summed E-state index contributed by atoms with van der Waals surface area (Å²) in [6.45, 7) is 2.55.